The fourth-order valence-electron chi connectivity index (χ4n) is 3.64. The van der Waals surface area contributed by atoms with Crippen molar-refractivity contribution < 1.29 is 13.6 Å². The average molecular weight is 396 g/mol. The predicted octanol–water partition coefficient (Wildman–Crippen LogP) is 2.65. The molecule has 1 saturated heterocycles. The van der Waals surface area contributed by atoms with Crippen molar-refractivity contribution in [3.63, 3.8) is 0 Å². The molecular weight excluding hydrogens is 375 g/mol. The first-order chi connectivity index (χ1) is 14.0. The zero-order valence-corrected chi connectivity index (χ0v) is 16.0. The summed E-state index contributed by atoms with van der Waals surface area (Å²) in [6, 6.07) is 3.81. The Kier molecular flexibility index (Phi) is 4.39. The number of aromatic nitrogens is 3. The molecule has 1 aromatic carbocycles. The van der Waals surface area contributed by atoms with Gasteiger partial charge in [0.05, 0.1) is 18.1 Å². The molecule has 1 atom stereocenters. The highest BCUT2D eigenvalue weighted by Gasteiger charge is 2.29. The number of nitrogens with zero attached hydrogens (tertiary/aromatic N) is 4. The van der Waals surface area contributed by atoms with Gasteiger partial charge in [0.1, 0.15) is 22.8 Å². The van der Waals surface area contributed by atoms with Crippen molar-refractivity contribution in [1.82, 2.24) is 20.3 Å². The molecule has 1 aliphatic heterocycles. The van der Waals surface area contributed by atoms with Crippen LogP contribution in [-0.2, 0) is 0 Å². The number of carbonyl (C=O) groups excluding carboxylic acids is 1. The molecule has 5 rings (SSSR count). The van der Waals surface area contributed by atoms with Gasteiger partial charge < -0.3 is 20.0 Å². The van der Waals surface area contributed by atoms with E-state index in [0.29, 0.717) is 29.1 Å². The Morgan fingerprint density at radius 2 is 2.07 bits per heavy atom. The summed E-state index contributed by atoms with van der Waals surface area (Å²) in [5.41, 5.74) is 0.943. The van der Waals surface area contributed by atoms with Gasteiger partial charge in [-0.3, -0.25) is 4.79 Å². The molecule has 2 aliphatic rings. The van der Waals surface area contributed by atoms with Crippen LogP contribution in [-0.4, -0.2) is 46.0 Å². The summed E-state index contributed by atoms with van der Waals surface area (Å²) in [6.45, 7) is 3.48. The standard InChI is InChI=1S/C20H21FN6O2/c1-11-24-16-6-14(21)15(7-18(16)29-11)26-20(28)17-8-23-19(9-22-17)27-5-4-13(10-27)25-12-2-3-12/h6-9,12-13,25H,2-5,10H2,1H3,(H,26,28). The van der Waals surface area contributed by atoms with E-state index in [-0.39, 0.29) is 11.4 Å². The lowest BCUT2D eigenvalue weighted by atomic mass is 10.2. The molecule has 0 radical (unpaired) electrons. The van der Waals surface area contributed by atoms with Crippen LogP contribution in [0.1, 0.15) is 35.6 Å². The van der Waals surface area contributed by atoms with Gasteiger partial charge in [0.15, 0.2) is 11.5 Å². The van der Waals surface area contributed by atoms with Crippen molar-refractivity contribution in [1.29, 1.82) is 0 Å². The summed E-state index contributed by atoms with van der Waals surface area (Å²) in [5.74, 6) is 0.0513. The largest absolute Gasteiger partial charge is 0.441 e. The molecule has 1 unspecified atom stereocenters. The van der Waals surface area contributed by atoms with Crippen LogP contribution in [0.15, 0.2) is 28.9 Å². The summed E-state index contributed by atoms with van der Waals surface area (Å²) in [6.07, 6.45) is 6.62. The average Bonchev–Trinajstić information content (AvgIpc) is 3.26. The maximum absolute atomic E-state index is 14.3. The summed E-state index contributed by atoms with van der Waals surface area (Å²) >= 11 is 0. The molecule has 0 spiro atoms. The van der Waals surface area contributed by atoms with E-state index >= 15 is 0 Å². The number of oxazole rings is 1. The summed E-state index contributed by atoms with van der Waals surface area (Å²) in [5, 5.41) is 6.15. The van der Waals surface area contributed by atoms with E-state index in [2.05, 4.69) is 30.5 Å². The minimum Gasteiger partial charge on any atom is -0.441 e. The fourth-order valence-corrected chi connectivity index (χ4v) is 3.64. The SMILES string of the molecule is Cc1nc2cc(F)c(NC(=O)c3cnc(N4CCC(NC5CC5)C4)cn3)cc2o1. The molecule has 2 fully saturated rings. The van der Waals surface area contributed by atoms with Crippen LogP contribution in [0.5, 0.6) is 0 Å². The lowest BCUT2D eigenvalue weighted by Gasteiger charge is -2.17. The molecule has 0 bridgehead atoms. The van der Waals surface area contributed by atoms with Crippen molar-refractivity contribution >= 4 is 28.5 Å². The molecule has 3 heterocycles. The number of fused-ring (bicyclic) bond motifs is 1. The van der Waals surface area contributed by atoms with Gasteiger partial charge in [-0.2, -0.15) is 0 Å². The van der Waals surface area contributed by atoms with Crippen molar-refractivity contribution in [3.05, 3.63) is 41.9 Å². The van der Waals surface area contributed by atoms with E-state index < -0.39 is 11.7 Å². The number of hydrogen-bond donors (Lipinski definition) is 2. The first-order valence-corrected chi connectivity index (χ1v) is 9.76. The molecule has 1 saturated carbocycles. The minimum atomic E-state index is -0.588. The Morgan fingerprint density at radius 1 is 1.21 bits per heavy atom. The van der Waals surface area contributed by atoms with Crippen molar-refractivity contribution in [2.75, 3.05) is 23.3 Å². The second-order valence-corrected chi connectivity index (χ2v) is 7.62. The highest BCUT2D eigenvalue weighted by atomic mass is 19.1. The number of aryl methyl sites for hydroxylation is 1. The van der Waals surface area contributed by atoms with Crippen LogP contribution in [0.2, 0.25) is 0 Å². The summed E-state index contributed by atoms with van der Waals surface area (Å²) < 4.78 is 19.7. The second-order valence-electron chi connectivity index (χ2n) is 7.62. The number of nitrogens with one attached hydrogen (secondary N) is 2. The van der Waals surface area contributed by atoms with Gasteiger partial charge in [0.2, 0.25) is 0 Å². The third-order valence-corrected chi connectivity index (χ3v) is 5.26. The van der Waals surface area contributed by atoms with Gasteiger partial charge in [0.25, 0.3) is 5.91 Å². The molecule has 29 heavy (non-hydrogen) atoms. The van der Waals surface area contributed by atoms with Gasteiger partial charge in [-0.05, 0) is 19.3 Å². The Morgan fingerprint density at radius 3 is 2.83 bits per heavy atom. The van der Waals surface area contributed by atoms with Crippen LogP contribution in [0, 0.1) is 12.7 Å². The Balaban J connectivity index is 1.26. The van der Waals surface area contributed by atoms with Crippen molar-refractivity contribution in [3.8, 4) is 0 Å². The fraction of sp³-hybridized carbons (Fsp3) is 0.400. The van der Waals surface area contributed by atoms with E-state index in [4.69, 9.17) is 4.42 Å². The molecule has 2 aromatic heterocycles. The quantitative estimate of drug-likeness (QED) is 0.684. The normalized spacial score (nSPS) is 19.1. The monoisotopic (exact) mass is 396 g/mol. The highest BCUT2D eigenvalue weighted by Crippen LogP contribution is 2.25. The number of amides is 1. The first kappa shape index (κ1) is 18.0. The predicted molar refractivity (Wildman–Crippen MR) is 105 cm³/mol. The Labute approximate surface area is 166 Å². The molecule has 3 aromatic rings. The van der Waals surface area contributed by atoms with Crippen molar-refractivity contribution in [2.45, 2.75) is 38.3 Å². The van der Waals surface area contributed by atoms with Gasteiger partial charge in [0, 0.05) is 44.2 Å². The first-order valence-electron chi connectivity index (χ1n) is 9.76. The van der Waals surface area contributed by atoms with Gasteiger partial charge in [-0.15, -0.1) is 0 Å². The second kappa shape index (κ2) is 7.07. The number of carbonyl (C=O) groups is 1. The van der Waals surface area contributed by atoms with E-state index in [1.165, 1.54) is 31.2 Å². The maximum atomic E-state index is 14.3. The van der Waals surface area contributed by atoms with Crippen LogP contribution in [0.4, 0.5) is 15.9 Å². The number of anilines is 2. The summed E-state index contributed by atoms with van der Waals surface area (Å²) in [4.78, 5) is 27.3. The van der Waals surface area contributed by atoms with Crippen LogP contribution >= 0.6 is 0 Å². The van der Waals surface area contributed by atoms with E-state index in [1.807, 2.05) is 0 Å². The smallest absolute Gasteiger partial charge is 0.275 e. The molecule has 9 heteroatoms. The Bertz CT molecular complexity index is 1060. The number of hydrogen-bond acceptors (Lipinski definition) is 7. The highest BCUT2D eigenvalue weighted by molar-refractivity contribution is 6.03. The van der Waals surface area contributed by atoms with E-state index in [0.717, 1.165) is 25.3 Å². The Hall–Kier alpha value is -3.07. The van der Waals surface area contributed by atoms with Gasteiger partial charge in [-0.25, -0.2) is 19.3 Å². The van der Waals surface area contributed by atoms with E-state index in [9.17, 15) is 9.18 Å². The topological polar surface area (TPSA) is 96.2 Å². The zero-order chi connectivity index (χ0) is 20.0. The molecule has 8 nitrogen and oxygen atoms in total. The van der Waals surface area contributed by atoms with Crippen molar-refractivity contribution in [2.24, 2.45) is 0 Å². The lowest BCUT2D eigenvalue weighted by Crippen LogP contribution is -2.34. The number of benzene rings is 1. The molecule has 1 amide bonds. The van der Waals surface area contributed by atoms with E-state index in [1.54, 1.807) is 13.1 Å². The summed E-state index contributed by atoms with van der Waals surface area (Å²) in [7, 11) is 0. The van der Waals surface area contributed by atoms with Gasteiger partial charge >= 0.3 is 0 Å². The third kappa shape index (κ3) is 3.77. The molecular formula is C20H21FN6O2. The lowest BCUT2D eigenvalue weighted by molar-refractivity contribution is 0.102. The molecule has 150 valence electrons. The number of halogens is 1. The molecule has 1 aliphatic carbocycles. The van der Waals surface area contributed by atoms with Gasteiger partial charge in [-0.1, -0.05) is 0 Å². The van der Waals surface area contributed by atoms with Crippen LogP contribution in [0.3, 0.4) is 0 Å². The van der Waals surface area contributed by atoms with Crippen LogP contribution < -0.4 is 15.5 Å². The van der Waals surface area contributed by atoms with Crippen LogP contribution in [0.25, 0.3) is 11.1 Å². The molecule has 2 N–H and O–H groups in total. The zero-order valence-electron chi connectivity index (χ0n) is 16.0. The minimum absolute atomic E-state index is 0.0121. The maximum Gasteiger partial charge on any atom is 0.275 e. The number of rotatable bonds is 5. The third-order valence-electron chi connectivity index (χ3n) is 5.26.